The molecule has 3 aromatic rings. The number of nitrogens with zero attached hydrogens (tertiary/aromatic N) is 1. The molecule has 0 radical (unpaired) electrons. The number of rotatable bonds is 5. The molecule has 4 rings (SSSR count). The predicted molar refractivity (Wildman–Crippen MR) is 114 cm³/mol. The van der Waals surface area contributed by atoms with Crippen molar-refractivity contribution in [3.8, 4) is 11.5 Å². The van der Waals surface area contributed by atoms with Crippen LogP contribution in [0.25, 0.3) is 11.0 Å². The Balaban J connectivity index is 1.43. The maximum atomic E-state index is 11.9. The summed E-state index contributed by atoms with van der Waals surface area (Å²) in [4.78, 5) is 14.3. The summed E-state index contributed by atoms with van der Waals surface area (Å²) in [6, 6.07) is 12.5. The van der Waals surface area contributed by atoms with Gasteiger partial charge in [-0.15, -0.1) is 0 Å². The van der Waals surface area contributed by atoms with Crippen LogP contribution in [0.2, 0.25) is 5.02 Å². The van der Waals surface area contributed by atoms with E-state index in [1.807, 2.05) is 18.2 Å². The quantitative estimate of drug-likeness (QED) is 0.608. The molecule has 1 aromatic heterocycles. The highest BCUT2D eigenvalue weighted by Crippen LogP contribution is 2.28. The van der Waals surface area contributed by atoms with Gasteiger partial charge in [-0.3, -0.25) is 4.90 Å². The molecule has 2 N–H and O–H groups in total. The number of hydrogen-bond donors (Lipinski definition) is 2. The Labute approximate surface area is 173 Å². The van der Waals surface area contributed by atoms with E-state index >= 15 is 0 Å². The summed E-state index contributed by atoms with van der Waals surface area (Å²) in [5.74, 6) is 0.825. The fourth-order valence-corrected chi connectivity index (χ4v) is 3.95. The Hall–Kier alpha value is -2.70. The molecule has 0 aliphatic carbocycles. The van der Waals surface area contributed by atoms with Gasteiger partial charge in [-0.05, 0) is 48.7 Å². The van der Waals surface area contributed by atoms with Crippen molar-refractivity contribution in [2.75, 3.05) is 25.5 Å². The lowest BCUT2D eigenvalue weighted by Gasteiger charge is -2.33. The number of piperidine rings is 1. The third-order valence-corrected chi connectivity index (χ3v) is 5.62. The first-order chi connectivity index (χ1) is 14.0. The fraction of sp³-hybridized carbons (Fsp3) is 0.318. The lowest BCUT2D eigenvalue weighted by atomic mass is 10.0. The van der Waals surface area contributed by atoms with Gasteiger partial charge in [-0.1, -0.05) is 17.7 Å². The largest absolute Gasteiger partial charge is 0.506 e. The summed E-state index contributed by atoms with van der Waals surface area (Å²) in [6.45, 7) is 2.65. The van der Waals surface area contributed by atoms with Crippen LogP contribution in [-0.4, -0.2) is 36.2 Å². The molecule has 0 saturated carbocycles. The van der Waals surface area contributed by atoms with Crippen molar-refractivity contribution < 1.29 is 14.3 Å². The average Bonchev–Trinajstić information content (AvgIpc) is 2.72. The van der Waals surface area contributed by atoms with Crippen LogP contribution in [0.5, 0.6) is 11.5 Å². The van der Waals surface area contributed by atoms with Crippen LogP contribution < -0.4 is 15.7 Å². The van der Waals surface area contributed by atoms with E-state index in [0.717, 1.165) is 54.9 Å². The van der Waals surface area contributed by atoms with Crippen molar-refractivity contribution in [2.24, 2.45) is 0 Å². The van der Waals surface area contributed by atoms with Gasteiger partial charge < -0.3 is 19.6 Å². The van der Waals surface area contributed by atoms with Crippen LogP contribution >= 0.6 is 11.6 Å². The van der Waals surface area contributed by atoms with Crippen molar-refractivity contribution in [2.45, 2.75) is 25.4 Å². The third-order valence-electron chi connectivity index (χ3n) is 5.32. The molecule has 1 saturated heterocycles. The minimum Gasteiger partial charge on any atom is -0.506 e. The highest BCUT2D eigenvalue weighted by atomic mass is 35.5. The van der Waals surface area contributed by atoms with E-state index in [2.05, 4.69) is 10.2 Å². The van der Waals surface area contributed by atoms with Crippen LogP contribution in [0.4, 0.5) is 5.69 Å². The van der Waals surface area contributed by atoms with Gasteiger partial charge in [0.05, 0.1) is 17.8 Å². The second kappa shape index (κ2) is 8.35. The summed E-state index contributed by atoms with van der Waals surface area (Å²) in [6.07, 6.45) is 1.91. The minimum absolute atomic E-state index is 0.106. The van der Waals surface area contributed by atoms with Gasteiger partial charge in [0.1, 0.15) is 17.1 Å². The SMILES string of the molecule is COc1ccc2oc(=O)cc(NC3CCN(Cc4ccc(O)c(Cl)c4)CC3)c2c1. The van der Waals surface area contributed by atoms with E-state index in [1.54, 1.807) is 25.3 Å². The molecule has 1 aliphatic heterocycles. The van der Waals surface area contributed by atoms with Gasteiger partial charge in [-0.25, -0.2) is 4.79 Å². The molecular formula is C22H23ClN2O4. The number of aromatic hydroxyl groups is 1. The lowest BCUT2D eigenvalue weighted by Crippen LogP contribution is -2.38. The van der Waals surface area contributed by atoms with E-state index in [4.69, 9.17) is 20.8 Å². The summed E-state index contributed by atoms with van der Waals surface area (Å²) < 4.78 is 10.6. The third kappa shape index (κ3) is 4.49. The van der Waals surface area contributed by atoms with Gasteiger partial charge >= 0.3 is 5.63 Å². The first-order valence-corrected chi connectivity index (χ1v) is 9.98. The van der Waals surface area contributed by atoms with E-state index in [9.17, 15) is 9.90 Å². The Kier molecular flexibility index (Phi) is 5.65. The molecule has 0 spiro atoms. The molecular weight excluding hydrogens is 392 g/mol. The summed E-state index contributed by atoms with van der Waals surface area (Å²) in [5, 5.41) is 14.3. The number of fused-ring (bicyclic) bond motifs is 1. The first kappa shape index (κ1) is 19.6. The summed E-state index contributed by atoms with van der Waals surface area (Å²) in [5.41, 5.74) is 2.03. The van der Waals surface area contributed by atoms with Crippen molar-refractivity contribution in [1.29, 1.82) is 0 Å². The molecule has 29 heavy (non-hydrogen) atoms. The molecule has 0 atom stereocenters. The monoisotopic (exact) mass is 414 g/mol. The van der Waals surface area contributed by atoms with Gasteiger partial charge in [0.15, 0.2) is 0 Å². The van der Waals surface area contributed by atoms with Crippen LogP contribution in [-0.2, 0) is 6.54 Å². The second-order valence-corrected chi connectivity index (χ2v) is 7.73. The maximum Gasteiger partial charge on any atom is 0.338 e. The van der Waals surface area contributed by atoms with Gasteiger partial charge in [0.2, 0.25) is 0 Å². The van der Waals surface area contributed by atoms with E-state index < -0.39 is 0 Å². The number of methoxy groups -OCH3 is 1. The number of nitrogens with one attached hydrogen (secondary N) is 1. The van der Waals surface area contributed by atoms with Gasteiger partial charge in [0.25, 0.3) is 0 Å². The number of phenols is 1. The zero-order chi connectivity index (χ0) is 20.4. The summed E-state index contributed by atoms with van der Waals surface area (Å²) in [7, 11) is 1.62. The van der Waals surface area contributed by atoms with Gasteiger partial charge in [-0.2, -0.15) is 0 Å². The van der Waals surface area contributed by atoms with Crippen molar-refractivity contribution in [1.82, 2.24) is 4.90 Å². The number of benzene rings is 2. The highest BCUT2D eigenvalue weighted by molar-refractivity contribution is 6.32. The van der Waals surface area contributed by atoms with Crippen LogP contribution in [0.3, 0.4) is 0 Å². The van der Waals surface area contributed by atoms with Crippen LogP contribution in [0.15, 0.2) is 51.7 Å². The fourth-order valence-electron chi connectivity index (χ4n) is 3.75. The lowest BCUT2D eigenvalue weighted by molar-refractivity contribution is 0.211. The Morgan fingerprint density at radius 1 is 1.21 bits per heavy atom. The Bertz CT molecular complexity index is 1070. The molecule has 0 bridgehead atoms. The molecule has 1 aliphatic rings. The molecule has 0 amide bonds. The maximum absolute atomic E-state index is 11.9. The van der Waals surface area contributed by atoms with Crippen LogP contribution in [0, 0.1) is 0 Å². The topological polar surface area (TPSA) is 74.9 Å². The van der Waals surface area contributed by atoms with Crippen molar-refractivity contribution in [3.63, 3.8) is 0 Å². The van der Waals surface area contributed by atoms with E-state index in [-0.39, 0.29) is 17.4 Å². The number of phenolic OH excluding ortho intramolecular Hbond substituents is 1. The zero-order valence-corrected chi connectivity index (χ0v) is 16.9. The Morgan fingerprint density at radius 2 is 2.00 bits per heavy atom. The molecule has 152 valence electrons. The molecule has 1 fully saturated rings. The standard InChI is InChI=1S/C22H23ClN2O4/c1-28-16-3-5-21-17(11-16)19(12-22(27)29-21)24-15-6-8-25(9-7-15)13-14-2-4-20(26)18(23)10-14/h2-5,10-12,15,24,26H,6-9,13H2,1H3. The molecule has 0 unspecified atom stereocenters. The first-order valence-electron chi connectivity index (χ1n) is 9.60. The van der Waals surface area contributed by atoms with Crippen molar-refractivity contribution in [3.05, 3.63) is 63.5 Å². The number of hydrogen-bond acceptors (Lipinski definition) is 6. The number of likely N-dealkylation sites (tertiary alicyclic amines) is 1. The second-order valence-electron chi connectivity index (χ2n) is 7.32. The van der Waals surface area contributed by atoms with Gasteiger partial charge in [0, 0.05) is 37.1 Å². The number of anilines is 1. The molecule has 7 heteroatoms. The predicted octanol–water partition coefficient (Wildman–Crippen LogP) is 4.24. The number of halogens is 1. The van der Waals surface area contributed by atoms with Crippen molar-refractivity contribution >= 4 is 28.3 Å². The molecule has 2 aromatic carbocycles. The zero-order valence-electron chi connectivity index (χ0n) is 16.2. The summed E-state index contributed by atoms with van der Waals surface area (Å²) >= 11 is 6.01. The van der Waals surface area contributed by atoms with E-state index in [1.165, 1.54) is 6.07 Å². The normalized spacial score (nSPS) is 15.5. The Morgan fingerprint density at radius 3 is 2.72 bits per heavy atom. The highest BCUT2D eigenvalue weighted by Gasteiger charge is 2.20. The molecule has 2 heterocycles. The van der Waals surface area contributed by atoms with Crippen LogP contribution in [0.1, 0.15) is 18.4 Å². The average molecular weight is 415 g/mol. The number of ether oxygens (including phenoxy) is 1. The minimum atomic E-state index is -0.369. The smallest absolute Gasteiger partial charge is 0.338 e. The molecule has 6 nitrogen and oxygen atoms in total. The van der Waals surface area contributed by atoms with E-state index in [0.29, 0.717) is 10.6 Å².